The van der Waals surface area contributed by atoms with Crippen molar-refractivity contribution in [3.63, 3.8) is 0 Å². The second kappa shape index (κ2) is 13.6. The first-order valence-corrected chi connectivity index (χ1v) is 8.70. The molecule has 0 unspecified atom stereocenters. The van der Waals surface area contributed by atoms with Crippen molar-refractivity contribution < 1.29 is 40.5 Å². The summed E-state index contributed by atoms with van der Waals surface area (Å²) in [6.07, 6.45) is 3.61. The first kappa shape index (κ1) is 25.6. The molecule has 0 aliphatic carbocycles. The average molecular weight is 522 g/mol. The van der Waals surface area contributed by atoms with Gasteiger partial charge in [0.05, 0.1) is 22.8 Å². The molecule has 24 heavy (non-hydrogen) atoms. The molecule has 134 valence electrons. The third-order valence-electron chi connectivity index (χ3n) is 2.48. The van der Waals surface area contributed by atoms with Crippen molar-refractivity contribution in [3.8, 4) is 0 Å². The molecule has 0 aliphatic rings. The van der Waals surface area contributed by atoms with Crippen LogP contribution < -0.4 is 29.7 Å². The smallest absolute Gasteiger partial charge is 1.00 e. The van der Waals surface area contributed by atoms with Gasteiger partial charge in [-0.2, -0.15) is 5.10 Å². The summed E-state index contributed by atoms with van der Waals surface area (Å²) in [5, 5.41) is 16.3. The van der Waals surface area contributed by atoms with Crippen molar-refractivity contribution in [3.05, 3.63) is 35.3 Å². The van der Waals surface area contributed by atoms with E-state index in [9.17, 15) is 0 Å². The van der Waals surface area contributed by atoms with E-state index in [4.69, 9.17) is 11.5 Å². The fourth-order valence-corrected chi connectivity index (χ4v) is 1.51. The zero-order valence-corrected chi connectivity index (χ0v) is 18.3. The Labute approximate surface area is 177 Å². The minimum Gasteiger partial charge on any atom is -1.00 e. The number of rotatable bonds is 4. The van der Waals surface area contributed by atoms with Gasteiger partial charge < -0.3 is 40.5 Å². The van der Waals surface area contributed by atoms with E-state index in [0.717, 1.165) is 0 Å². The Bertz CT molecular complexity index is 596. The van der Waals surface area contributed by atoms with Crippen LogP contribution in [-0.2, 0) is 16.5 Å². The van der Waals surface area contributed by atoms with Crippen LogP contribution in [0.25, 0.3) is 5.73 Å². The largest absolute Gasteiger partial charge is 2.00 e. The molecule has 0 atom stereocenters. The molecule has 11 heteroatoms. The molecule has 0 spiro atoms. The molecule has 1 aromatic rings. The molecule has 1 rings (SSSR count). The Morgan fingerprint density at radius 3 is 1.96 bits per heavy atom. The molecule has 3 N–H and O–H groups in total. The summed E-state index contributed by atoms with van der Waals surface area (Å²) in [6.45, 7) is 3.60. The summed E-state index contributed by atoms with van der Waals surface area (Å²) in [6, 6.07) is 5.52. The number of pyridine rings is 1. The van der Waals surface area contributed by atoms with Crippen LogP contribution in [0.1, 0.15) is 25.2 Å². The zero-order chi connectivity index (χ0) is 16.5. The number of nitrogens with two attached hydrogens (primary N) is 1. The van der Waals surface area contributed by atoms with E-state index in [1.807, 2.05) is 31.4 Å². The monoisotopic (exact) mass is 521 g/mol. The maximum atomic E-state index is 7.44. The third-order valence-corrected chi connectivity index (χ3v) is 3.45. The molecule has 0 radical (unpaired) electrons. The predicted molar refractivity (Wildman–Crippen MR) is 99.1 cm³/mol. The molecule has 1 aromatic heterocycles. The number of nitrogens with zero attached hydrogens (tertiary/aromatic N) is 5. The zero-order valence-electron chi connectivity index (χ0n) is 13.6. The van der Waals surface area contributed by atoms with Gasteiger partial charge in [0.15, 0.2) is 5.17 Å². The first-order chi connectivity index (χ1) is 10.5. The van der Waals surface area contributed by atoms with Gasteiger partial charge in [0.2, 0.25) is 0 Å². The topological polar surface area (TPSA) is 112 Å². The Morgan fingerprint density at radius 2 is 1.50 bits per heavy atom. The normalized spacial score (nSPS) is 13.2. The van der Waals surface area contributed by atoms with Gasteiger partial charge in [0.1, 0.15) is 0 Å². The average Bonchev–Trinajstić information content (AvgIpc) is 2.56. The molecule has 0 saturated carbocycles. The van der Waals surface area contributed by atoms with Crippen LogP contribution >= 0.6 is 23.5 Å². The third kappa shape index (κ3) is 9.00. The second-order valence-corrected chi connectivity index (χ2v) is 5.65. The van der Waals surface area contributed by atoms with Crippen molar-refractivity contribution in [1.82, 2.24) is 4.98 Å². The van der Waals surface area contributed by atoms with Gasteiger partial charge in [-0.3, -0.25) is 5.10 Å². The standard InChI is InChI=1S/C13H18N7S2.HI.Ni/c1-8(17-19-12(14)21-3)10-6-5-7-11(16-10)9(2)18-20-13(15)22-4;;/h5-7H,1-4H3,(H3-,14,15,19,20);1H;/q-1;;+2/p-1/b17-8-,18-9+;;. The SMILES string of the molecule is CS/C(N)=N\N=C(\C)c1cccc(/C(C)=N/N=C(\[NH-])SC)n1.[I-].[Ni+2]. The Kier molecular flexibility index (Phi) is 14.5. The number of thioether (sulfide) groups is 2. The Hall–Kier alpha value is -0.646. The molecule has 0 saturated heterocycles. The van der Waals surface area contributed by atoms with Crippen LogP contribution in [-0.4, -0.2) is 39.3 Å². The van der Waals surface area contributed by atoms with Crippen molar-refractivity contribution in [1.29, 1.82) is 0 Å². The quantitative estimate of drug-likeness (QED) is 0.197. The van der Waals surface area contributed by atoms with Crippen LogP contribution in [0.5, 0.6) is 0 Å². The summed E-state index contributed by atoms with van der Waals surface area (Å²) < 4.78 is 0. The van der Waals surface area contributed by atoms with Gasteiger partial charge in [-0.05, 0) is 43.7 Å². The Balaban J connectivity index is 0. The van der Waals surface area contributed by atoms with Gasteiger partial charge in [0.25, 0.3) is 0 Å². The molecule has 1 heterocycles. The molecular formula is C13H18IN7NiS2. The van der Waals surface area contributed by atoms with Crippen LogP contribution in [0, 0.1) is 0 Å². The number of hydrogen-bond donors (Lipinski definition) is 1. The number of nitrogens with one attached hydrogen (secondary N) is 1. The number of aromatic nitrogens is 1. The minimum atomic E-state index is 0. The van der Waals surface area contributed by atoms with E-state index in [1.54, 1.807) is 13.2 Å². The fourth-order valence-electron chi connectivity index (χ4n) is 1.27. The van der Waals surface area contributed by atoms with Gasteiger partial charge >= 0.3 is 16.5 Å². The van der Waals surface area contributed by atoms with E-state index in [0.29, 0.717) is 28.0 Å². The predicted octanol–water partition coefficient (Wildman–Crippen LogP) is -0.0200. The van der Waals surface area contributed by atoms with E-state index in [1.165, 1.54) is 23.5 Å². The van der Waals surface area contributed by atoms with E-state index >= 15 is 0 Å². The van der Waals surface area contributed by atoms with E-state index < -0.39 is 0 Å². The van der Waals surface area contributed by atoms with Crippen molar-refractivity contribution in [2.75, 3.05) is 12.5 Å². The van der Waals surface area contributed by atoms with Gasteiger partial charge in [-0.15, -0.1) is 16.9 Å². The van der Waals surface area contributed by atoms with Crippen LogP contribution in [0.4, 0.5) is 0 Å². The summed E-state index contributed by atoms with van der Waals surface area (Å²) in [5.41, 5.74) is 15.7. The molecule has 0 fully saturated rings. The number of hydrogen-bond acceptors (Lipinski definition) is 7. The van der Waals surface area contributed by atoms with E-state index in [-0.39, 0.29) is 45.6 Å². The number of amidine groups is 2. The maximum absolute atomic E-state index is 7.44. The minimum absolute atomic E-state index is 0. The molecule has 7 nitrogen and oxygen atoms in total. The van der Waals surface area contributed by atoms with Gasteiger partial charge in [-0.25, -0.2) is 4.98 Å². The summed E-state index contributed by atoms with van der Waals surface area (Å²) in [5.74, 6) is 0. The fraction of sp³-hybridized carbons (Fsp3) is 0.308. The first-order valence-electron chi connectivity index (χ1n) is 6.25. The summed E-state index contributed by atoms with van der Waals surface area (Å²) >= 11 is 2.55. The van der Waals surface area contributed by atoms with E-state index in [2.05, 4.69) is 25.4 Å². The van der Waals surface area contributed by atoms with Crippen LogP contribution in [0.15, 0.2) is 38.6 Å². The van der Waals surface area contributed by atoms with Crippen molar-refractivity contribution >= 4 is 45.3 Å². The van der Waals surface area contributed by atoms with Crippen LogP contribution in [0.2, 0.25) is 0 Å². The molecule has 0 amide bonds. The summed E-state index contributed by atoms with van der Waals surface area (Å²) in [4.78, 5) is 4.46. The maximum Gasteiger partial charge on any atom is 2.00 e. The van der Waals surface area contributed by atoms with Gasteiger partial charge in [0, 0.05) is 0 Å². The number of halogens is 1. The van der Waals surface area contributed by atoms with Crippen molar-refractivity contribution in [2.24, 2.45) is 26.1 Å². The van der Waals surface area contributed by atoms with Gasteiger partial charge in [-0.1, -0.05) is 17.8 Å². The summed E-state index contributed by atoms with van der Waals surface area (Å²) in [7, 11) is 0. The van der Waals surface area contributed by atoms with Crippen LogP contribution in [0.3, 0.4) is 0 Å². The molecule has 0 aliphatic heterocycles. The second-order valence-electron chi connectivity index (χ2n) is 4.03. The van der Waals surface area contributed by atoms with Crippen molar-refractivity contribution in [2.45, 2.75) is 13.8 Å². The molecule has 0 bridgehead atoms. The Morgan fingerprint density at radius 1 is 1.00 bits per heavy atom. The molecule has 0 aromatic carbocycles. The molecular weight excluding hydrogens is 504 g/mol.